The van der Waals surface area contributed by atoms with Crippen molar-refractivity contribution in [3.05, 3.63) is 35.9 Å². The first-order valence-corrected chi connectivity index (χ1v) is 7.41. The van der Waals surface area contributed by atoms with Crippen LogP contribution in [0.4, 0.5) is 0 Å². The quantitative estimate of drug-likeness (QED) is 0.613. The van der Waals surface area contributed by atoms with Gasteiger partial charge in [-0.25, -0.2) is 0 Å². The Morgan fingerprint density at radius 1 is 1.29 bits per heavy atom. The molecule has 1 aromatic carbocycles. The molecule has 0 aliphatic heterocycles. The summed E-state index contributed by atoms with van der Waals surface area (Å²) in [6.45, 7) is 0.468. The average Bonchev–Trinajstić information content (AvgIpc) is 2.47. The maximum absolute atomic E-state index is 12.3. The first kappa shape index (κ1) is 17.7. The minimum Gasteiger partial charge on any atom is -0.333 e. The van der Waals surface area contributed by atoms with Crippen LogP contribution >= 0.6 is 12.6 Å². The summed E-state index contributed by atoms with van der Waals surface area (Å²) >= 11 is 3.85. The fourth-order valence-corrected chi connectivity index (χ4v) is 2.47. The lowest BCUT2D eigenvalue weighted by atomic mass is 10.0. The average molecular weight is 309 g/mol. The highest BCUT2D eigenvalue weighted by atomic mass is 32.1. The van der Waals surface area contributed by atoms with Crippen molar-refractivity contribution in [3.63, 3.8) is 0 Å². The molecule has 0 unspecified atom stereocenters. The minimum absolute atomic E-state index is 0.261. The van der Waals surface area contributed by atoms with Crippen LogP contribution in [-0.4, -0.2) is 41.6 Å². The summed E-state index contributed by atoms with van der Waals surface area (Å²) in [4.78, 5) is 25.3. The molecule has 4 N–H and O–H groups in total. The summed E-state index contributed by atoms with van der Waals surface area (Å²) in [5.74, 6) is -0.261. The van der Waals surface area contributed by atoms with Crippen LogP contribution < -0.4 is 11.5 Å². The molecule has 0 radical (unpaired) electrons. The molecule has 0 bridgehead atoms. The second-order valence-electron chi connectivity index (χ2n) is 5.03. The van der Waals surface area contributed by atoms with Crippen molar-refractivity contribution in [1.82, 2.24) is 4.90 Å². The van der Waals surface area contributed by atoms with Gasteiger partial charge in [-0.3, -0.25) is 9.59 Å². The van der Waals surface area contributed by atoms with E-state index in [9.17, 15) is 9.59 Å². The summed E-state index contributed by atoms with van der Waals surface area (Å²) in [7, 11) is 1.59. The Balaban J connectivity index is 2.68. The Morgan fingerprint density at radius 3 is 2.43 bits per heavy atom. The topological polar surface area (TPSA) is 89.4 Å². The largest absolute Gasteiger partial charge is 0.333 e. The van der Waals surface area contributed by atoms with E-state index in [4.69, 9.17) is 11.5 Å². The third kappa shape index (κ3) is 5.49. The zero-order chi connectivity index (χ0) is 15.8. The van der Waals surface area contributed by atoms with E-state index >= 15 is 0 Å². The Morgan fingerprint density at radius 2 is 1.90 bits per heavy atom. The van der Waals surface area contributed by atoms with Crippen molar-refractivity contribution in [3.8, 4) is 0 Å². The van der Waals surface area contributed by atoms with Gasteiger partial charge < -0.3 is 16.4 Å². The normalized spacial score (nSPS) is 13.5. The van der Waals surface area contributed by atoms with E-state index in [1.165, 1.54) is 4.90 Å². The van der Waals surface area contributed by atoms with Crippen molar-refractivity contribution in [2.24, 2.45) is 11.5 Å². The minimum atomic E-state index is -0.676. The molecule has 21 heavy (non-hydrogen) atoms. The molecule has 0 spiro atoms. The molecule has 0 aromatic heterocycles. The van der Waals surface area contributed by atoms with E-state index in [0.29, 0.717) is 25.8 Å². The van der Waals surface area contributed by atoms with Crippen LogP contribution in [0.25, 0.3) is 0 Å². The maximum Gasteiger partial charge on any atom is 0.240 e. The molecular weight excluding hydrogens is 286 g/mol. The first-order chi connectivity index (χ1) is 9.97. The number of nitrogens with two attached hydrogens (primary N) is 2. The first-order valence-electron chi connectivity index (χ1n) is 6.96. The number of carbonyl (C=O) groups is 2. The van der Waals surface area contributed by atoms with Crippen molar-refractivity contribution in [2.45, 2.75) is 31.3 Å². The molecule has 1 rings (SSSR count). The molecule has 0 saturated heterocycles. The summed E-state index contributed by atoms with van der Waals surface area (Å²) in [6.07, 6.45) is 1.59. The second kappa shape index (κ2) is 8.81. The molecule has 0 saturated carbocycles. The zero-order valence-electron chi connectivity index (χ0n) is 12.2. The summed E-state index contributed by atoms with van der Waals surface area (Å²) in [5.41, 5.74) is 12.4. The van der Waals surface area contributed by atoms with Crippen LogP contribution in [0.2, 0.25) is 0 Å². The van der Waals surface area contributed by atoms with Crippen molar-refractivity contribution >= 4 is 23.7 Å². The number of hydrogen-bond acceptors (Lipinski definition) is 4. The number of rotatable bonds is 8. The fraction of sp³-hybridized carbons (Fsp3) is 0.467. The monoisotopic (exact) mass is 309 g/mol. The van der Waals surface area contributed by atoms with Crippen molar-refractivity contribution in [2.75, 3.05) is 13.6 Å². The lowest BCUT2D eigenvalue weighted by Crippen LogP contribution is -2.49. The van der Waals surface area contributed by atoms with Crippen LogP contribution in [-0.2, 0) is 16.0 Å². The van der Waals surface area contributed by atoms with E-state index in [2.05, 4.69) is 12.6 Å². The van der Waals surface area contributed by atoms with Gasteiger partial charge in [0, 0.05) is 7.05 Å². The van der Waals surface area contributed by atoms with Gasteiger partial charge in [0.1, 0.15) is 6.04 Å². The molecule has 5 nitrogen and oxygen atoms in total. The van der Waals surface area contributed by atoms with Gasteiger partial charge in [0.25, 0.3) is 0 Å². The highest BCUT2D eigenvalue weighted by molar-refractivity contribution is 7.96. The molecular formula is C15H23N3O2S. The summed E-state index contributed by atoms with van der Waals surface area (Å²) < 4.78 is 0. The van der Waals surface area contributed by atoms with Gasteiger partial charge in [-0.2, -0.15) is 0 Å². The fourth-order valence-electron chi connectivity index (χ4n) is 2.16. The number of nitrogens with zero attached hydrogens (tertiary/aromatic N) is 1. The van der Waals surface area contributed by atoms with Crippen LogP contribution in [0.3, 0.4) is 0 Å². The molecule has 2 atom stereocenters. The van der Waals surface area contributed by atoms with Crippen molar-refractivity contribution in [1.29, 1.82) is 0 Å². The van der Waals surface area contributed by atoms with Crippen molar-refractivity contribution < 1.29 is 9.59 Å². The molecule has 1 aromatic rings. The Kier molecular flexibility index (Phi) is 7.42. The zero-order valence-corrected chi connectivity index (χ0v) is 13.1. The van der Waals surface area contributed by atoms with Gasteiger partial charge in [0.15, 0.2) is 0 Å². The van der Waals surface area contributed by atoms with Gasteiger partial charge in [-0.15, -0.1) is 12.6 Å². The Bertz CT molecular complexity index is 467. The lowest BCUT2D eigenvalue weighted by molar-refractivity contribution is -0.136. The number of hydrogen-bond donors (Lipinski definition) is 3. The maximum atomic E-state index is 12.3. The van der Waals surface area contributed by atoms with Gasteiger partial charge >= 0.3 is 0 Å². The predicted octanol–water partition coefficient (Wildman–Crippen LogP) is 0.579. The third-order valence-electron chi connectivity index (χ3n) is 3.40. The number of carbonyl (C=O) groups excluding carboxylic acids is 2. The standard InChI is InChI=1S/C15H23N3O2S/c1-18(13(15(20)21)8-5-9-16)14(19)12(17)10-11-6-3-2-4-7-11/h2-4,6-7,12-13H,5,8-10,16-17H2,1H3,(H,20,21)/t12-,13-/m0/s1. The number of benzene rings is 1. The van der Waals surface area contributed by atoms with Gasteiger partial charge in [0.05, 0.1) is 6.04 Å². The highest BCUT2D eigenvalue weighted by Gasteiger charge is 2.27. The smallest absolute Gasteiger partial charge is 0.240 e. The van der Waals surface area contributed by atoms with Crippen LogP contribution in [0, 0.1) is 0 Å². The van der Waals surface area contributed by atoms with E-state index in [-0.39, 0.29) is 11.0 Å². The van der Waals surface area contributed by atoms with Gasteiger partial charge in [-0.05, 0) is 31.4 Å². The van der Waals surface area contributed by atoms with Gasteiger partial charge in [0.2, 0.25) is 11.0 Å². The van der Waals surface area contributed by atoms with Crippen LogP contribution in [0.5, 0.6) is 0 Å². The predicted molar refractivity (Wildman–Crippen MR) is 87.0 cm³/mol. The molecule has 0 heterocycles. The molecule has 1 amide bonds. The number of amides is 1. The number of thiol groups is 1. The molecule has 0 aliphatic carbocycles. The Labute approximate surface area is 131 Å². The van der Waals surface area contributed by atoms with E-state index in [0.717, 1.165) is 5.56 Å². The molecule has 116 valence electrons. The van der Waals surface area contributed by atoms with Gasteiger partial charge in [-0.1, -0.05) is 30.3 Å². The molecule has 6 heteroatoms. The third-order valence-corrected chi connectivity index (χ3v) is 3.70. The van der Waals surface area contributed by atoms with Crippen LogP contribution in [0.15, 0.2) is 30.3 Å². The number of likely N-dealkylation sites (N-methyl/N-ethyl adjacent to an activating group) is 1. The summed E-state index contributed by atoms with van der Waals surface area (Å²) in [5, 5.41) is -0.341. The SMILES string of the molecule is CN(C(=O)[C@@H](N)Cc1ccccc1)[C@@H](CCCN)C(=O)S. The Hall–Kier alpha value is -1.37. The van der Waals surface area contributed by atoms with E-state index in [1.807, 2.05) is 30.3 Å². The van der Waals surface area contributed by atoms with Crippen LogP contribution in [0.1, 0.15) is 18.4 Å². The second-order valence-corrected chi connectivity index (χ2v) is 5.47. The van der Waals surface area contributed by atoms with E-state index in [1.54, 1.807) is 7.05 Å². The molecule has 0 fully saturated rings. The van der Waals surface area contributed by atoms with E-state index < -0.39 is 12.1 Å². The molecule has 0 aliphatic rings. The summed E-state index contributed by atoms with van der Waals surface area (Å²) in [6, 6.07) is 8.29. The lowest BCUT2D eigenvalue weighted by Gasteiger charge is -2.28. The highest BCUT2D eigenvalue weighted by Crippen LogP contribution is 2.11.